The number of aromatic nitrogens is 2. The summed E-state index contributed by atoms with van der Waals surface area (Å²) in [5, 5.41) is 0. The van der Waals surface area contributed by atoms with E-state index in [9.17, 15) is 0 Å². The summed E-state index contributed by atoms with van der Waals surface area (Å²) in [4.78, 5) is 18.5. The first kappa shape index (κ1) is 34.3. The second-order valence-electron chi connectivity index (χ2n) is 10.3. The molecule has 0 saturated carbocycles. The third-order valence-electron chi connectivity index (χ3n) is 8.08. The van der Waals surface area contributed by atoms with E-state index in [2.05, 4.69) is 101 Å². The molecule has 6 nitrogen and oxygen atoms in total. The Bertz CT molecular complexity index is 1350. The number of aliphatic imine (C=N–C) groups is 2. The van der Waals surface area contributed by atoms with Gasteiger partial charge in [-0.2, -0.15) is 11.4 Å². The van der Waals surface area contributed by atoms with Gasteiger partial charge in [0.05, 0.1) is 25.6 Å². The van der Waals surface area contributed by atoms with E-state index in [1.165, 1.54) is 33.4 Å². The maximum atomic E-state index is 5.33. The quantitative estimate of drug-likeness (QED) is 0.313. The number of nitrogens with zero attached hydrogens (tertiary/aromatic N) is 4. The van der Waals surface area contributed by atoms with Gasteiger partial charge in [0.15, 0.2) is 0 Å². The van der Waals surface area contributed by atoms with E-state index in [0.29, 0.717) is 0 Å². The van der Waals surface area contributed by atoms with Crippen LogP contribution in [-0.4, -0.2) is 26.0 Å². The summed E-state index contributed by atoms with van der Waals surface area (Å²) in [7, 11) is 3.34. The summed E-state index contributed by atoms with van der Waals surface area (Å²) < 4.78 is 10.7. The molecule has 0 aliphatic carbocycles. The first-order valence-corrected chi connectivity index (χ1v) is 14.4. The fourth-order valence-corrected chi connectivity index (χ4v) is 5.79. The molecule has 41 heavy (non-hydrogen) atoms. The molecular weight excluding hydrogens is 562 g/mol. The Morgan fingerprint density at radius 3 is 1.17 bits per heavy atom. The molecule has 2 aliphatic rings. The molecule has 0 unspecified atom stereocenters. The number of rotatable bonds is 6. The molecule has 2 aromatic heterocycles. The molecule has 2 aromatic rings. The zero-order valence-corrected chi connectivity index (χ0v) is 30.3. The number of hydrogen-bond acceptors (Lipinski definition) is 4. The second kappa shape index (κ2) is 14.8. The minimum absolute atomic E-state index is 0. The van der Waals surface area contributed by atoms with Crippen LogP contribution < -0.4 is 9.97 Å². The third-order valence-corrected chi connectivity index (χ3v) is 8.08. The van der Waals surface area contributed by atoms with Crippen LogP contribution >= 0.6 is 0 Å². The molecule has 7 heteroatoms. The standard InChI is InChI=1S/2C17H23N2O.Zn/c2*1-7-13-10(3)15(18-12(13)5)9-16-14(8-2)11(4)17(19-16)20-6;/h2*9H,7-8H2,1-6H3;/q2*-1;+2/b2*16-9-;. The fourth-order valence-electron chi connectivity index (χ4n) is 5.79. The van der Waals surface area contributed by atoms with Gasteiger partial charge in [-0.15, -0.1) is 11.4 Å². The van der Waals surface area contributed by atoms with Crippen LogP contribution in [0.3, 0.4) is 0 Å². The van der Waals surface area contributed by atoms with E-state index >= 15 is 0 Å². The molecule has 0 amide bonds. The van der Waals surface area contributed by atoms with Crippen molar-refractivity contribution in [2.75, 3.05) is 14.2 Å². The summed E-state index contributed by atoms with van der Waals surface area (Å²) in [6, 6.07) is 0. The van der Waals surface area contributed by atoms with E-state index in [4.69, 9.17) is 9.47 Å². The van der Waals surface area contributed by atoms with E-state index in [0.717, 1.165) is 82.8 Å². The first-order chi connectivity index (χ1) is 19.1. The van der Waals surface area contributed by atoms with E-state index in [-0.39, 0.29) is 19.5 Å². The third kappa shape index (κ3) is 6.94. The number of aryl methyl sites for hydroxylation is 2. The number of ether oxygens (including phenoxy) is 2. The zero-order valence-electron chi connectivity index (χ0n) is 27.3. The van der Waals surface area contributed by atoms with Gasteiger partial charge in [0.1, 0.15) is 0 Å². The Kier molecular flexibility index (Phi) is 12.4. The summed E-state index contributed by atoms with van der Waals surface area (Å²) in [6.45, 7) is 21.2. The van der Waals surface area contributed by atoms with Crippen molar-refractivity contribution in [2.45, 2.75) is 94.9 Å². The van der Waals surface area contributed by atoms with Crippen LogP contribution in [0, 0.1) is 27.7 Å². The van der Waals surface area contributed by atoms with Gasteiger partial charge in [-0.3, -0.25) is 0 Å². The Labute approximate surface area is 260 Å². The van der Waals surface area contributed by atoms with E-state index < -0.39 is 0 Å². The molecule has 0 atom stereocenters. The molecule has 0 fully saturated rings. The van der Waals surface area contributed by atoms with Crippen LogP contribution in [0.25, 0.3) is 12.2 Å². The average molecular weight is 608 g/mol. The molecule has 4 heterocycles. The van der Waals surface area contributed by atoms with Gasteiger partial charge in [-0.1, -0.05) is 75.9 Å². The summed E-state index contributed by atoms with van der Waals surface area (Å²) in [6.07, 6.45) is 8.14. The van der Waals surface area contributed by atoms with Crippen molar-refractivity contribution in [3.05, 3.63) is 78.7 Å². The van der Waals surface area contributed by atoms with Gasteiger partial charge in [0.25, 0.3) is 0 Å². The minimum atomic E-state index is 0. The fraction of sp³-hybridized carbons (Fsp3) is 0.471. The Morgan fingerprint density at radius 1 is 0.585 bits per heavy atom. The average Bonchev–Trinajstić information content (AvgIpc) is 3.59. The maximum Gasteiger partial charge on any atom is 2.00 e. The Hall–Kier alpha value is -2.92. The molecule has 0 bridgehead atoms. The monoisotopic (exact) mass is 606 g/mol. The summed E-state index contributed by atoms with van der Waals surface area (Å²) >= 11 is 0. The number of hydrogen-bond donors (Lipinski definition) is 0. The predicted molar refractivity (Wildman–Crippen MR) is 168 cm³/mol. The number of methoxy groups -OCH3 is 2. The maximum absolute atomic E-state index is 5.33. The topological polar surface area (TPSA) is 71.4 Å². The molecule has 2 aliphatic heterocycles. The zero-order chi connectivity index (χ0) is 29.7. The van der Waals surface area contributed by atoms with Crippen molar-refractivity contribution in [2.24, 2.45) is 9.98 Å². The molecule has 0 N–H and O–H groups in total. The Morgan fingerprint density at radius 2 is 0.927 bits per heavy atom. The van der Waals surface area contributed by atoms with Crippen LogP contribution in [-0.2, 0) is 41.8 Å². The van der Waals surface area contributed by atoms with Crippen LogP contribution in [0.1, 0.15) is 99.4 Å². The summed E-state index contributed by atoms with van der Waals surface area (Å²) in [5.41, 5.74) is 16.3. The normalized spacial score (nSPS) is 16.7. The van der Waals surface area contributed by atoms with Gasteiger partial charge in [-0.25, -0.2) is 9.98 Å². The Balaban J connectivity index is 0.000000280. The first-order valence-electron chi connectivity index (χ1n) is 14.4. The van der Waals surface area contributed by atoms with Crippen LogP contribution in [0.4, 0.5) is 0 Å². The smallest absolute Gasteiger partial charge is 0.661 e. The van der Waals surface area contributed by atoms with Gasteiger partial charge in [-0.05, 0) is 64.5 Å². The van der Waals surface area contributed by atoms with Gasteiger partial charge in [0, 0.05) is 11.1 Å². The largest absolute Gasteiger partial charge is 2.00 e. The molecule has 4 rings (SSSR count). The van der Waals surface area contributed by atoms with Crippen molar-refractivity contribution >= 4 is 23.9 Å². The van der Waals surface area contributed by atoms with Crippen molar-refractivity contribution < 1.29 is 29.0 Å². The molecule has 0 radical (unpaired) electrons. The van der Waals surface area contributed by atoms with Gasteiger partial charge < -0.3 is 19.4 Å². The summed E-state index contributed by atoms with van der Waals surface area (Å²) in [5.74, 6) is 1.45. The number of allylic oxidation sites excluding steroid dienone is 2. The van der Waals surface area contributed by atoms with Gasteiger partial charge >= 0.3 is 19.5 Å². The van der Waals surface area contributed by atoms with Crippen LogP contribution in [0.2, 0.25) is 0 Å². The minimum Gasteiger partial charge on any atom is -0.661 e. The second-order valence-corrected chi connectivity index (χ2v) is 10.3. The molecular formula is C34H46N4O2Zn. The predicted octanol–water partition coefficient (Wildman–Crippen LogP) is 7.90. The van der Waals surface area contributed by atoms with Crippen molar-refractivity contribution in [1.82, 2.24) is 9.97 Å². The van der Waals surface area contributed by atoms with E-state index in [1.807, 2.05) is 0 Å². The molecule has 216 valence electrons. The van der Waals surface area contributed by atoms with Crippen molar-refractivity contribution in [3.8, 4) is 0 Å². The van der Waals surface area contributed by atoms with Crippen LogP contribution in [0.15, 0.2) is 43.7 Å². The van der Waals surface area contributed by atoms with E-state index in [1.54, 1.807) is 14.2 Å². The molecule has 0 spiro atoms. The van der Waals surface area contributed by atoms with Gasteiger partial charge in [0.2, 0.25) is 11.8 Å². The molecule has 0 aromatic carbocycles. The van der Waals surface area contributed by atoms with Crippen molar-refractivity contribution in [1.29, 1.82) is 0 Å². The van der Waals surface area contributed by atoms with Crippen molar-refractivity contribution in [3.63, 3.8) is 0 Å². The van der Waals surface area contributed by atoms with Crippen LogP contribution in [0.5, 0.6) is 0 Å². The SMILES string of the molecule is CCC1=C(C)C(OC)=N/C1=C\c1[n-]c(C)c(CC)c1C.CCC1=C(C)C(OC)=N/C1=C\c1[n-]c(C)c(CC)c1C.[Zn+2]. The molecule has 0 saturated heterocycles.